The summed E-state index contributed by atoms with van der Waals surface area (Å²) in [4.78, 5) is 12.0. The summed E-state index contributed by atoms with van der Waals surface area (Å²) in [6, 6.07) is 4.29. The van der Waals surface area contributed by atoms with Crippen LogP contribution in [-0.4, -0.2) is 17.4 Å². The minimum absolute atomic E-state index is 0.0622. The van der Waals surface area contributed by atoms with E-state index in [4.69, 9.17) is 29.6 Å². The molecule has 6 heteroatoms. The van der Waals surface area contributed by atoms with Gasteiger partial charge >= 0.3 is 0 Å². The van der Waals surface area contributed by atoms with Crippen molar-refractivity contribution in [1.82, 2.24) is 5.32 Å². The van der Waals surface area contributed by atoms with E-state index in [0.717, 1.165) is 0 Å². The van der Waals surface area contributed by atoms with Gasteiger partial charge in [0.25, 0.3) is 5.91 Å². The van der Waals surface area contributed by atoms with E-state index in [1.807, 2.05) is 0 Å². The number of hydrogen-bond donors (Lipinski definition) is 2. The number of nitrogens with one attached hydrogen (secondary N) is 1. The minimum atomic E-state index is -0.707. The lowest BCUT2D eigenvalue weighted by Crippen LogP contribution is -2.26. The van der Waals surface area contributed by atoms with Gasteiger partial charge in [-0.3, -0.25) is 4.79 Å². The Morgan fingerprint density at radius 1 is 1.53 bits per heavy atom. The van der Waals surface area contributed by atoms with Crippen molar-refractivity contribution in [1.29, 1.82) is 0 Å². The van der Waals surface area contributed by atoms with Crippen LogP contribution in [0.15, 0.2) is 18.2 Å². The molecular formula is C11H12ClFN2OS. The number of rotatable bonds is 5. The van der Waals surface area contributed by atoms with Crippen LogP contribution < -0.4 is 11.1 Å². The van der Waals surface area contributed by atoms with Gasteiger partial charge in [-0.25, -0.2) is 4.39 Å². The molecule has 1 aromatic carbocycles. The third-order valence-electron chi connectivity index (χ3n) is 2.08. The number of thiocarbonyl (C=S) groups is 1. The SMILES string of the molecule is NC(=S)CCCNC(=O)c1cccc(Cl)c1F. The lowest BCUT2D eigenvalue weighted by molar-refractivity contribution is 0.0949. The first-order valence-corrected chi connectivity index (χ1v) is 5.81. The van der Waals surface area contributed by atoms with Gasteiger partial charge < -0.3 is 11.1 Å². The predicted octanol–water partition coefficient (Wildman–Crippen LogP) is 2.28. The highest BCUT2D eigenvalue weighted by atomic mass is 35.5. The molecule has 1 aromatic rings. The first-order valence-electron chi connectivity index (χ1n) is 5.03. The number of carbonyl (C=O) groups is 1. The fourth-order valence-corrected chi connectivity index (χ4v) is 1.56. The number of carbonyl (C=O) groups excluding carboxylic acids is 1. The Kier molecular flexibility index (Phi) is 5.31. The first kappa shape index (κ1) is 13.9. The molecule has 3 nitrogen and oxygen atoms in total. The van der Waals surface area contributed by atoms with Crippen molar-refractivity contribution < 1.29 is 9.18 Å². The number of hydrogen-bond acceptors (Lipinski definition) is 2. The van der Waals surface area contributed by atoms with Crippen molar-refractivity contribution in [3.63, 3.8) is 0 Å². The van der Waals surface area contributed by atoms with Crippen LogP contribution in [0.2, 0.25) is 5.02 Å². The summed E-state index contributed by atoms with van der Waals surface area (Å²) in [6.45, 7) is 0.391. The zero-order valence-corrected chi connectivity index (χ0v) is 10.6. The molecule has 1 rings (SSSR count). The average molecular weight is 275 g/mol. The molecule has 0 heterocycles. The van der Waals surface area contributed by atoms with E-state index in [0.29, 0.717) is 24.4 Å². The molecule has 1 amide bonds. The summed E-state index contributed by atoms with van der Waals surface area (Å²) in [6.07, 6.45) is 1.18. The summed E-state index contributed by atoms with van der Waals surface area (Å²) >= 11 is 10.3. The normalized spacial score (nSPS) is 10.0. The molecule has 0 fully saturated rings. The van der Waals surface area contributed by atoms with E-state index in [-0.39, 0.29) is 10.6 Å². The Bertz CT molecular complexity index is 439. The van der Waals surface area contributed by atoms with Crippen LogP contribution in [0.25, 0.3) is 0 Å². The molecule has 0 saturated heterocycles. The second kappa shape index (κ2) is 6.51. The van der Waals surface area contributed by atoms with Gasteiger partial charge in [0.1, 0.15) is 0 Å². The second-order valence-electron chi connectivity index (χ2n) is 3.43. The predicted molar refractivity (Wildman–Crippen MR) is 69.8 cm³/mol. The maximum Gasteiger partial charge on any atom is 0.254 e. The summed E-state index contributed by atoms with van der Waals surface area (Å²) in [5, 5.41) is 2.50. The van der Waals surface area contributed by atoms with E-state index >= 15 is 0 Å². The molecule has 0 atom stereocenters. The zero-order chi connectivity index (χ0) is 12.8. The largest absolute Gasteiger partial charge is 0.393 e. The van der Waals surface area contributed by atoms with Crippen molar-refractivity contribution in [2.75, 3.05) is 6.54 Å². The van der Waals surface area contributed by atoms with Crippen molar-refractivity contribution in [3.8, 4) is 0 Å². The first-order chi connectivity index (χ1) is 8.02. The van der Waals surface area contributed by atoms with E-state index < -0.39 is 11.7 Å². The molecule has 0 aromatic heterocycles. The number of halogens is 2. The van der Waals surface area contributed by atoms with Crippen LogP contribution in [-0.2, 0) is 0 Å². The molecular weight excluding hydrogens is 263 g/mol. The smallest absolute Gasteiger partial charge is 0.254 e. The average Bonchev–Trinajstić information content (AvgIpc) is 2.27. The lowest BCUT2D eigenvalue weighted by Gasteiger charge is -2.06. The highest BCUT2D eigenvalue weighted by Gasteiger charge is 2.13. The Morgan fingerprint density at radius 3 is 2.88 bits per heavy atom. The molecule has 17 heavy (non-hydrogen) atoms. The molecule has 0 bridgehead atoms. The monoisotopic (exact) mass is 274 g/mol. The van der Waals surface area contributed by atoms with Crippen molar-refractivity contribution in [2.24, 2.45) is 5.73 Å². The Balaban J connectivity index is 2.53. The maximum atomic E-state index is 13.5. The molecule has 3 N–H and O–H groups in total. The van der Waals surface area contributed by atoms with E-state index in [1.165, 1.54) is 18.2 Å². The maximum absolute atomic E-state index is 13.5. The number of nitrogens with two attached hydrogens (primary N) is 1. The molecule has 0 unspecified atom stereocenters. The minimum Gasteiger partial charge on any atom is -0.393 e. The Hall–Kier alpha value is -1.20. The number of benzene rings is 1. The van der Waals surface area contributed by atoms with Crippen LogP contribution in [0.5, 0.6) is 0 Å². The van der Waals surface area contributed by atoms with Crippen molar-refractivity contribution >= 4 is 34.7 Å². The van der Waals surface area contributed by atoms with E-state index in [1.54, 1.807) is 0 Å². The quantitative estimate of drug-likeness (QED) is 0.640. The summed E-state index contributed by atoms with van der Waals surface area (Å²) in [5.41, 5.74) is 5.24. The van der Waals surface area contributed by atoms with Crippen LogP contribution in [0.1, 0.15) is 23.2 Å². The van der Waals surface area contributed by atoms with Gasteiger partial charge in [0.15, 0.2) is 5.82 Å². The van der Waals surface area contributed by atoms with Gasteiger partial charge in [-0.1, -0.05) is 29.9 Å². The molecule has 0 aliphatic heterocycles. The van der Waals surface area contributed by atoms with Crippen LogP contribution in [0.3, 0.4) is 0 Å². The highest BCUT2D eigenvalue weighted by molar-refractivity contribution is 7.80. The molecule has 0 saturated carbocycles. The summed E-state index contributed by atoms with van der Waals surface area (Å²) in [7, 11) is 0. The third-order valence-corrected chi connectivity index (χ3v) is 2.58. The van der Waals surface area contributed by atoms with Gasteiger partial charge in [0.05, 0.1) is 15.6 Å². The lowest BCUT2D eigenvalue weighted by atomic mass is 10.2. The highest BCUT2D eigenvalue weighted by Crippen LogP contribution is 2.17. The van der Waals surface area contributed by atoms with Gasteiger partial charge in [-0.2, -0.15) is 0 Å². The van der Waals surface area contributed by atoms with Crippen LogP contribution >= 0.6 is 23.8 Å². The summed E-state index contributed by atoms with van der Waals surface area (Å²) in [5.74, 6) is -1.20. The van der Waals surface area contributed by atoms with Gasteiger partial charge in [0, 0.05) is 6.54 Å². The Morgan fingerprint density at radius 2 is 2.24 bits per heavy atom. The molecule has 0 spiro atoms. The number of amides is 1. The molecule has 0 aliphatic carbocycles. The van der Waals surface area contributed by atoms with E-state index in [2.05, 4.69) is 5.32 Å². The summed E-state index contributed by atoms with van der Waals surface area (Å²) < 4.78 is 13.5. The fourth-order valence-electron chi connectivity index (χ4n) is 1.24. The van der Waals surface area contributed by atoms with Crippen LogP contribution in [0.4, 0.5) is 4.39 Å². The molecule has 0 aliphatic rings. The topological polar surface area (TPSA) is 55.1 Å². The standard InChI is InChI=1S/C11H12ClFN2OS/c12-8-4-1-3-7(10(8)13)11(16)15-6-2-5-9(14)17/h1,3-4H,2,5-6H2,(H2,14,17)(H,15,16). The van der Waals surface area contributed by atoms with Crippen LogP contribution in [0, 0.1) is 5.82 Å². The second-order valence-corrected chi connectivity index (χ2v) is 4.36. The van der Waals surface area contributed by atoms with Crippen molar-refractivity contribution in [3.05, 3.63) is 34.6 Å². The fraction of sp³-hybridized carbons (Fsp3) is 0.273. The molecule has 0 radical (unpaired) electrons. The van der Waals surface area contributed by atoms with E-state index in [9.17, 15) is 9.18 Å². The zero-order valence-electron chi connectivity index (χ0n) is 9.00. The van der Waals surface area contributed by atoms with Gasteiger partial charge in [0.2, 0.25) is 0 Å². The van der Waals surface area contributed by atoms with Crippen molar-refractivity contribution in [2.45, 2.75) is 12.8 Å². The van der Waals surface area contributed by atoms with Gasteiger partial charge in [-0.05, 0) is 25.0 Å². The Labute approximate surface area is 109 Å². The molecule has 92 valence electrons. The van der Waals surface area contributed by atoms with Gasteiger partial charge in [-0.15, -0.1) is 0 Å². The third kappa shape index (κ3) is 4.28.